The van der Waals surface area contributed by atoms with Gasteiger partial charge < -0.3 is 14.2 Å². The third-order valence-corrected chi connectivity index (χ3v) is 5.88. The van der Waals surface area contributed by atoms with E-state index in [1.54, 1.807) is 51.1 Å². The topological polar surface area (TPSA) is 82.1 Å². The molecule has 226 valence electrons. The molecule has 2 aromatic rings. The molecule has 1 amide bonds. The molecule has 0 unspecified atom stereocenters. The molecule has 0 fully saturated rings. The number of likely N-dealkylation sites (N-methyl/N-ethyl adjacent to an activating group) is 1. The van der Waals surface area contributed by atoms with Crippen molar-refractivity contribution in [3.63, 3.8) is 0 Å². The van der Waals surface area contributed by atoms with Crippen molar-refractivity contribution in [1.82, 2.24) is 4.90 Å². The Hall–Kier alpha value is -3.63. The summed E-state index contributed by atoms with van der Waals surface area (Å²) in [6.45, 7) is 7.41. The van der Waals surface area contributed by atoms with Gasteiger partial charge in [-0.2, -0.15) is 13.2 Å². The van der Waals surface area contributed by atoms with Crippen LogP contribution in [0, 0.1) is 0 Å². The van der Waals surface area contributed by atoms with E-state index >= 15 is 0 Å². The molecular formula is C30H37F4NO6. The number of rotatable bonds is 11. The number of carbonyl (C=O) groups excluding carboxylic acids is 3. The van der Waals surface area contributed by atoms with E-state index in [-0.39, 0.29) is 31.4 Å². The van der Waals surface area contributed by atoms with E-state index in [2.05, 4.69) is 0 Å². The zero-order valence-corrected chi connectivity index (χ0v) is 24.1. The van der Waals surface area contributed by atoms with Crippen molar-refractivity contribution in [2.75, 3.05) is 7.05 Å². The molecule has 7 nitrogen and oxygen atoms in total. The normalized spacial score (nSPS) is 13.6. The van der Waals surface area contributed by atoms with Crippen LogP contribution >= 0.6 is 0 Å². The van der Waals surface area contributed by atoms with Crippen LogP contribution in [0.15, 0.2) is 54.6 Å². The Morgan fingerprint density at radius 1 is 0.829 bits per heavy atom. The predicted molar refractivity (Wildman–Crippen MR) is 143 cm³/mol. The second kappa shape index (κ2) is 13.8. The highest BCUT2D eigenvalue weighted by Gasteiger charge is 2.36. The molecule has 41 heavy (non-hydrogen) atoms. The van der Waals surface area contributed by atoms with Crippen molar-refractivity contribution in [3.8, 4) is 0 Å². The SMILES string of the molecule is CN(C(=O)OC(C)(C)C)[C@@H](CCC(C)(C)F)C(=O)O[C@H](Cc1ccc(C(F)(F)F)cc1)C(=O)OCc1ccccc1. The van der Waals surface area contributed by atoms with E-state index in [9.17, 15) is 31.9 Å². The van der Waals surface area contributed by atoms with E-state index in [0.29, 0.717) is 5.56 Å². The quantitative estimate of drug-likeness (QED) is 0.167. The monoisotopic (exact) mass is 583 g/mol. The van der Waals surface area contributed by atoms with E-state index in [1.165, 1.54) is 33.0 Å². The molecule has 0 saturated heterocycles. The molecule has 11 heteroatoms. The lowest BCUT2D eigenvalue weighted by atomic mass is 10.00. The van der Waals surface area contributed by atoms with Gasteiger partial charge in [0, 0.05) is 13.5 Å². The zero-order valence-electron chi connectivity index (χ0n) is 24.1. The summed E-state index contributed by atoms with van der Waals surface area (Å²) in [5.74, 6) is -1.96. The van der Waals surface area contributed by atoms with E-state index < -0.39 is 53.2 Å². The summed E-state index contributed by atoms with van der Waals surface area (Å²) >= 11 is 0. The minimum Gasteiger partial charge on any atom is -0.458 e. The van der Waals surface area contributed by atoms with Crippen LogP contribution in [-0.2, 0) is 43.0 Å². The zero-order chi connectivity index (χ0) is 31.0. The lowest BCUT2D eigenvalue weighted by Crippen LogP contribution is -2.47. The molecule has 0 aliphatic heterocycles. The lowest BCUT2D eigenvalue weighted by Gasteiger charge is -2.31. The van der Waals surface area contributed by atoms with E-state index in [4.69, 9.17) is 14.2 Å². The van der Waals surface area contributed by atoms with Crippen LogP contribution in [0.5, 0.6) is 0 Å². The Morgan fingerprint density at radius 2 is 1.41 bits per heavy atom. The molecular weight excluding hydrogens is 546 g/mol. The van der Waals surface area contributed by atoms with Crippen molar-refractivity contribution in [3.05, 3.63) is 71.3 Å². The number of esters is 2. The number of alkyl halides is 4. The summed E-state index contributed by atoms with van der Waals surface area (Å²) < 4.78 is 69.6. The van der Waals surface area contributed by atoms with Crippen LogP contribution in [-0.4, -0.2) is 53.4 Å². The second-order valence-electron chi connectivity index (χ2n) is 11.3. The first kappa shape index (κ1) is 33.6. The minimum absolute atomic E-state index is 0.123. The van der Waals surface area contributed by atoms with Crippen LogP contribution in [0.4, 0.5) is 22.4 Å². The molecule has 0 saturated carbocycles. The van der Waals surface area contributed by atoms with Crippen molar-refractivity contribution >= 4 is 18.0 Å². The maximum Gasteiger partial charge on any atom is 0.416 e. The molecule has 0 aliphatic rings. The summed E-state index contributed by atoms with van der Waals surface area (Å²) in [6, 6.07) is 11.4. The van der Waals surface area contributed by atoms with Crippen molar-refractivity contribution in [1.29, 1.82) is 0 Å². The van der Waals surface area contributed by atoms with Gasteiger partial charge in [0.1, 0.15) is 23.9 Å². The maximum atomic E-state index is 14.4. The van der Waals surface area contributed by atoms with Gasteiger partial charge in [0.15, 0.2) is 0 Å². The number of halogens is 4. The molecule has 0 N–H and O–H groups in total. The molecule has 0 aliphatic carbocycles. The smallest absolute Gasteiger partial charge is 0.416 e. The molecule has 0 radical (unpaired) electrons. The molecule has 0 bridgehead atoms. The molecule has 0 spiro atoms. The first-order valence-electron chi connectivity index (χ1n) is 13.1. The van der Waals surface area contributed by atoms with Gasteiger partial charge in [0.25, 0.3) is 0 Å². The highest BCUT2D eigenvalue weighted by molar-refractivity contribution is 5.84. The van der Waals surface area contributed by atoms with Gasteiger partial charge in [-0.15, -0.1) is 0 Å². The van der Waals surface area contributed by atoms with Gasteiger partial charge in [0.2, 0.25) is 6.10 Å². The lowest BCUT2D eigenvalue weighted by molar-refractivity contribution is -0.171. The molecule has 2 rings (SSSR count). The number of ether oxygens (including phenoxy) is 3. The van der Waals surface area contributed by atoms with Gasteiger partial charge in [-0.25, -0.2) is 18.8 Å². The summed E-state index contributed by atoms with van der Waals surface area (Å²) in [6.07, 6.45) is -7.54. The molecule has 2 atom stereocenters. The Kier molecular flexibility index (Phi) is 11.3. The van der Waals surface area contributed by atoms with Gasteiger partial charge in [0.05, 0.1) is 5.56 Å². The maximum absolute atomic E-state index is 14.4. The number of nitrogens with zero attached hydrogens (tertiary/aromatic N) is 1. The Bertz CT molecular complexity index is 1150. The summed E-state index contributed by atoms with van der Waals surface area (Å²) in [4.78, 5) is 40.2. The number of hydrogen-bond donors (Lipinski definition) is 0. The highest BCUT2D eigenvalue weighted by atomic mass is 19.4. The van der Waals surface area contributed by atoms with Crippen molar-refractivity contribution in [2.45, 2.75) is 90.1 Å². The average Bonchev–Trinajstić information content (AvgIpc) is 2.85. The molecule has 0 aromatic heterocycles. The minimum atomic E-state index is -4.55. The first-order valence-corrected chi connectivity index (χ1v) is 13.1. The fourth-order valence-corrected chi connectivity index (χ4v) is 3.67. The second-order valence-corrected chi connectivity index (χ2v) is 11.3. The van der Waals surface area contributed by atoms with Gasteiger partial charge in [-0.3, -0.25) is 4.90 Å². The summed E-state index contributed by atoms with van der Waals surface area (Å²) in [7, 11) is 1.30. The Balaban J connectivity index is 2.31. The summed E-state index contributed by atoms with van der Waals surface area (Å²) in [5.41, 5.74) is -2.51. The van der Waals surface area contributed by atoms with Crippen LogP contribution in [0.3, 0.4) is 0 Å². The summed E-state index contributed by atoms with van der Waals surface area (Å²) in [5, 5.41) is 0. The molecule has 0 heterocycles. The fourth-order valence-electron chi connectivity index (χ4n) is 3.67. The van der Waals surface area contributed by atoms with Crippen LogP contribution < -0.4 is 0 Å². The number of hydrogen-bond acceptors (Lipinski definition) is 6. The van der Waals surface area contributed by atoms with Crippen LogP contribution in [0.1, 0.15) is 64.2 Å². The van der Waals surface area contributed by atoms with Crippen molar-refractivity contribution < 1.29 is 46.2 Å². The number of amides is 1. The standard InChI is InChI=1S/C30H37F4NO6/c1-28(2,3)41-27(38)35(6)23(16-17-29(4,5)31)25(36)40-24(26(37)39-19-21-10-8-7-9-11-21)18-20-12-14-22(15-13-20)30(32,33)34/h7-15,23-24H,16-19H2,1-6H3/t23-,24+/m0/s1. The van der Waals surface area contributed by atoms with Gasteiger partial charge in [-0.05, 0) is 70.7 Å². The highest BCUT2D eigenvalue weighted by Crippen LogP contribution is 2.29. The van der Waals surface area contributed by atoms with Gasteiger partial charge >= 0.3 is 24.2 Å². The van der Waals surface area contributed by atoms with E-state index in [0.717, 1.165) is 17.0 Å². The fraction of sp³-hybridized carbons (Fsp3) is 0.500. The Labute approximate surface area is 237 Å². The predicted octanol–water partition coefficient (Wildman–Crippen LogP) is 6.67. The van der Waals surface area contributed by atoms with Crippen LogP contribution in [0.2, 0.25) is 0 Å². The molecule has 2 aromatic carbocycles. The third-order valence-electron chi connectivity index (χ3n) is 5.88. The Morgan fingerprint density at radius 3 is 1.93 bits per heavy atom. The van der Waals surface area contributed by atoms with Crippen LogP contribution in [0.25, 0.3) is 0 Å². The van der Waals surface area contributed by atoms with Crippen molar-refractivity contribution in [2.24, 2.45) is 0 Å². The average molecular weight is 584 g/mol. The number of carbonyl (C=O) groups is 3. The third kappa shape index (κ3) is 11.8. The first-order chi connectivity index (χ1) is 18.9. The van der Waals surface area contributed by atoms with Gasteiger partial charge in [-0.1, -0.05) is 42.5 Å². The number of benzene rings is 2. The largest absolute Gasteiger partial charge is 0.458 e. The van der Waals surface area contributed by atoms with E-state index in [1.807, 2.05) is 0 Å².